The average Bonchev–Trinajstić information content (AvgIpc) is 2.54. The number of hydrogen-bond donors (Lipinski definition) is 1. The molecule has 0 aliphatic rings. The fourth-order valence-corrected chi connectivity index (χ4v) is 2.19. The molecule has 0 radical (unpaired) electrons. The molecule has 1 N–H and O–H groups in total. The lowest BCUT2D eigenvalue weighted by Crippen LogP contribution is -2.21. The van der Waals surface area contributed by atoms with Crippen LogP contribution >= 0.6 is 0 Å². The van der Waals surface area contributed by atoms with E-state index >= 15 is 0 Å². The van der Waals surface area contributed by atoms with Crippen molar-refractivity contribution < 1.29 is 9.47 Å². The highest BCUT2D eigenvalue weighted by molar-refractivity contribution is 5.43. The van der Waals surface area contributed by atoms with Crippen LogP contribution in [0.15, 0.2) is 48.5 Å². The summed E-state index contributed by atoms with van der Waals surface area (Å²) in [6.45, 7) is 5.75. The van der Waals surface area contributed by atoms with Gasteiger partial charge in [0.25, 0.3) is 0 Å². The highest BCUT2D eigenvalue weighted by Gasteiger charge is 2.06. The Kier molecular flexibility index (Phi) is 6.28. The fourth-order valence-electron chi connectivity index (χ4n) is 2.19. The van der Waals surface area contributed by atoms with Gasteiger partial charge in [-0.2, -0.15) is 0 Å². The Balaban J connectivity index is 1.92. The van der Waals surface area contributed by atoms with E-state index in [2.05, 4.69) is 37.4 Å². The van der Waals surface area contributed by atoms with Gasteiger partial charge in [0.15, 0.2) is 11.5 Å². The summed E-state index contributed by atoms with van der Waals surface area (Å²) in [5, 5.41) is 3.40. The first kappa shape index (κ1) is 16.4. The maximum absolute atomic E-state index is 5.87. The van der Waals surface area contributed by atoms with Gasteiger partial charge in [-0.3, -0.25) is 0 Å². The van der Waals surface area contributed by atoms with Gasteiger partial charge in [-0.15, -0.1) is 0 Å². The second-order valence-electron chi connectivity index (χ2n) is 5.60. The summed E-state index contributed by atoms with van der Waals surface area (Å²) in [5.41, 5.74) is 2.47. The van der Waals surface area contributed by atoms with E-state index in [1.165, 1.54) is 11.1 Å². The SMILES string of the molecule is COc1cc(CNC(C)C)ccc1OCCc1ccccc1. The monoisotopic (exact) mass is 299 g/mol. The van der Waals surface area contributed by atoms with Crippen molar-refractivity contribution in [2.75, 3.05) is 13.7 Å². The lowest BCUT2D eigenvalue weighted by Gasteiger charge is -2.13. The van der Waals surface area contributed by atoms with Crippen molar-refractivity contribution in [3.05, 3.63) is 59.7 Å². The van der Waals surface area contributed by atoms with Gasteiger partial charge >= 0.3 is 0 Å². The molecule has 3 nitrogen and oxygen atoms in total. The molecule has 0 spiro atoms. The van der Waals surface area contributed by atoms with E-state index in [4.69, 9.17) is 9.47 Å². The van der Waals surface area contributed by atoms with Crippen molar-refractivity contribution in [3.8, 4) is 11.5 Å². The number of benzene rings is 2. The lowest BCUT2D eigenvalue weighted by atomic mass is 10.1. The van der Waals surface area contributed by atoms with Gasteiger partial charge in [0.05, 0.1) is 13.7 Å². The summed E-state index contributed by atoms with van der Waals surface area (Å²) >= 11 is 0. The molecule has 0 amide bonds. The minimum Gasteiger partial charge on any atom is -0.493 e. The zero-order valence-corrected chi connectivity index (χ0v) is 13.6. The van der Waals surface area contributed by atoms with Crippen molar-refractivity contribution in [1.82, 2.24) is 5.32 Å². The lowest BCUT2D eigenvalue weighted by molar-refractivity contribution is 0.297. The third-order valence-electron chi connectivity index (χ3n) is 3.43. The molecule has 0 unspecified atom stereocenters. The Morgan fingerprint density at radius 2 is 1.73 bits per heavy atom. The van der Waals surface area contributed by atoms with Gasteiger partial charge in [-0.1, -0.05) is 50.2 Å². The molecule has 0 fully saturated rings. The van der Waals surface area contributed by atoms with Gasteiger partial charge in [-0.05, 0) is 23.3 Å². The first-order valence-corrected chi connectivity index (χ1v) is 7.76. The smallest absolute Gasteiger partial charge is 0.161 e. The van der Waals surface area contributed by atoms with Crippen LogP contribution in [0.25, 0.3) is 0 Å². The summed E-state index contributed by atoms with van der Waals surface area (Å²) < 4.78 is 11.3. The number of rotatable bonds is 8. The summed E-state index contributed by atoms with van der Waals surface area (Å²) in [6, 6.07) is 16.9. The fraction of sp³-hybridized carbons (Fsp3) is 0.368. The Labute approximate surface area is 133 Å². The van der Waals surface area contributed by atoms with Crippen LogP contribution in [0.5, 0.6) is 11.5 Å². The van der Waals surface area contributed by atoms with Crippen LogP contribution in [0.2, 0.25) is 0 Å². The Morgan fingerprint density at radius 3 is 2.41 bits per heavy atom. The highest BCUT2D eigenvalue weighted by atomic mass is 16.5. The van der Waals surface area contributed by atoms with Crippen molar-refractivity contribution in [3.63, 3.8) is 0 Å². The van der Waals surface area contributed by atoms with Crippen molar-refractivity contribution >= 4 is 0 Å². The van der Waals surface area contributed by atoms with E-state index in [0.29, 0.717) is 12.6 Å². The molecule has 118 valence electrons. The highest BCUT2D eigenvalue weighted by Crippen LogP contribution is 2.28. The zero-order valence-electron chi connectivity index (χ0n) is 13.6. The van der Waals surface area contributed by atoms with Crippen molar-refractivity contribution in [2.24, 2.45) is 0 Å². The molecule has 3 heteroatoms. The van der Waals surface area contributed by atoms with Gasteiger partial charge in [0, 0.05) is 19.0 Å². The minimum absolute atomic E-state index is 0.466. The average molecular weight is 299 g/mol. The molecule has 0 heterocycles. The molecular weight excluding hydrogens is 274 g/mol. The second kappa shape index (κ2) is 8.44. The van der Waals surface area contributed by atoms with Gasteiger partial charge in [-0.25, -0.2) is 0 Å². The molecule has 0 saturated heterocycles. The quantitative estimate of drug-likeness (QED) is 0.804. The summed E-state index contributed by atoms with van der Waals surface area (Å²) in [7, 11) is 1.68. The normalized spacial score (nSPS) is 10.7. The third kappa shape index (κ3) is 5.08. The molecule has 0 atom stereocenters. The predicted octanol–water partition coefficient (Wildman–Crippen LogP) is 3.81. The van der Waals surface area contributed by atoms with Gasteiger partial charge < -0.3 is 14.8 Å². The Hall–Kier alpha value is -2.00. The van der Waals surface area contributed by atoms with E-state index in [-0.39, 0.29) is 0 Å². The van der Waals surface area contributed by atoms with E-state index in [1.807, 2.05) is 30.3 Å². The van der Waals surface area contributed by atoms with Crippen LogP contribution in [-0.2, 0) is 13.0 Å². The second-order valence-corrected chi connectivity index (χ2v) is 5.60. The van der Waals surface area contributed by atoms with Crippen LogP contribution in [-0.4, -0.2) is 19.8 Å². The zero-order chi connectivity index (χ0) is 15.8. The van der Waals surface area contributed by atoms with E-state index in [0.717, 1.165) is 24.5 Å². The van der Waals surface area contributed by atoms with E-state index in [1.54, 1.807) is 7.11 Å². The van der Waals surface area contributed by atoms with Crippen LogP contribution < -0.4 is 14.8 Å². The van der Waals surface area contributed by atoms with E-state index in [9.17, 15) is 0 Å². The van der Waals surface area contributed by atoms with Crippen LogP contribution in [0.4, 0.5) is 0 Å². The third-order valence-corrected chi connectivity index (χ3v) is 3.43. The number of ether oxygens (including phenoxy) is 2. The molecule has 2 rings (SSSR count). The minimum atomic E-state index is 0.466. The van der Waals surface area contributed by atoms with Crippen molar-refractivity contribution in [2.45, 2.75) is 32.9 Å². The Bertz CT molecular complexity index is 567. The molecule has 2 aromatic carbocycles. The molecule has 0 aliphatic carbocycles. The summed E-state index contributed by atoms with van der Waals surface area (Å²) in [5.74, 6) is 1.59. The first-order valence-electron chi connectivity index (χ1n) is 7.76. The maximum atomic E-state index is 5.87. The summed E-state index contributed by atoms with van der Waals surface area (Å²) in [6.07, 6.45) is 0.890. The molecule has 0 aromatic heterocycles. The molecule has 0 saturated carbocycles. The molecule has 2 aromatic rings. The van der Waals surface area contributed by atoms with Crippen LogP contribution in [0.3, 0.4) is 0 Å². The number of hydrogen-bond acceptors (Lipinski definition) is 3. The van der Waals surface area contributed by atoms with Gasteiger partial charge in [0.2, 0.25) is 0 Å². The predicted molar refractivity (Wildman–Crippen MR) is 90.6 cm³/mol. The van der Waals surface area contributed by atoms with Gasteiger partial charge in [0.1, 0.15) is 0 Å². The van der Waals surface area contributed by atoms with Crippen molar-refractivity contribution in [1.29, 1.82) is 0 Å². The molecule has 0 bridgehead atoms. The Morgan fingerprint density at radius 1 is 0.955 bits per heavy atom. The van der Waals surface area contributed by atoms with Crippen LogP contribution in [0.1, 0.15) is 25.0 Å². The summed E-state index contributed by atoms with van der Waals surface area (Å²) in [4.78, 5) is 0. The molecule has 0 aliphatic heterocycles. The maximum Gasteiger partial charge on any atom is 0.161 e. The van der Waals surface area contributed by atoms with E-state index < -0.39 is 0 Å². The number of methoxy groups -OCH3 is 1. The number of nitrogens with one attached hydrogen (secondary N) is 1. The molecule has 22 heavy (non-hydrogen) atoms. The van der Waals surface area contributed by atoms with Crippen LogP contribution in [0, 0.1) is 0 Å². The first-order chi connectivity index (χ1) is 10.7. The molecular formula is C19H25NO2. The largest absolute Gasteiger partial charge is 0.493 e. The standard InChI is InChI=1S/C19H25NO2/c1-15(2)20-14-17-9-10-18(19(13-17)21-3)22-12-11-16-7-5-4-6-8-16/h4-10,13,15,20H,11-12,14H2,1-3H3. The topological polar surface area (TPSA) is 30.5 Å².